The van der Waals surface area contributed by atoms with Crippen molar-refractivity contribution in [2.45, 2.75) is 46.3 Å². The van der Waals surface area contributed by atoms with Crippen LogP contribution in [-0.4, -0.2) is 48.8 Å². The number of urea groups is 1. The molecule has 4 rings (SSSR count). The van der Waals surface area contributed by atoms with Crippen LogP contribution in [0.1, 0.15) is 50.8 Å². The first-order valence-electron chi connectivity index (χ1n) is 15.3. The number of methoxy groups -OCH3 is 1. The highest BCUT2D eigenvalue weighted by Crippen LogP contribution is 2.32. The summed E-state index contributed by atoms with van der Waals surface area (Å²) in [5.41, 5.74) is 3.62. The molecule has 0 aliphatic rings. The fourth-order valence-corrected chi connectivity index (χ4v) is 5.11. The summed E-state index contributed by atoms with van der Waals surface area (Å²) >= 11 is 0. The van der Waals surface area contributed by atoms with Crippen molar-refractivity contribution in [3.8, 4) is 17.1 Å². The van der Waals surface area contributed by atoms with Crippen LogP contribution in [0.3, 0.4) is 0 Å². The van der Waals surface area contributed by atoms with Crippen LogP contribution in [0.15, 0.2) is 89.8 Å². The molecule has 4 aromatic rings. The maximum Gasteiger partial charge on any atom is 0.408 e. The molecular formula is C35H43N5O5. The lowest BCUT2D eigenvalue weighted by atomic mass is 10.1. The summed E-state index contributed by atoms with van der Waals surface area (Å²) in [6.45, 7) is 9.72. The standard InChI is InChI=1S/C35H43N5O5/c1-5-17-40(23-25(2)3)18-16-31(27-11-7-6-8-12-27)45-35(42)37-21-26-10-9-13-28(19-26)38-34(41)39-29-14-15-30(32(20-29)43-4)33-22-36-24-44-33/h6-15,19-20,22,24-25,31H,5,16-18,21,23H2,1-4H3,(H,37,42)(H2,38,39,41). The first kappa shape index (κ1) is 33.1. The van der Waals surface area contributed by atoms with Crippen molar-refractivity contribution < 1.29 is 23.5 Å². The Morgan fingerprint density at radius 3 is 2.42 bits per heavy atom. The molecule has 0 saturated carbocycles. The maximum atomic E-state index is 12.9. The maximum absolute atomic E-state index is 12.9. The second kappa shape index (κ2) is 16.9. The molecule has 10 heteroatoms. The minimum atomic E-state index is -0.492. The fourth-order valence-electron chi connectivity index (χ4n) is 5.11. The molecule has 3 aromatic carbocycles. The zero-order valence-corrected chi connectivity index (χ0v) is 26.4. The predicted molar refractivity (Wildman–Crippen MR) is 176 cm³/mol. The number of carbonyl (C=O) groups is 2. The molecule has 3 N–H and O–H groups in total. The Morgan fingerprint density at radius 1 is 0.956 bits per heavy atom. The molecule has 0 radical (unpaired) electrons. The van der Waals surface area contributed by atoms with E-state index < -0.39 is 12.1 Å². The third-order valence-corrected chi connectivity index (χ3v) is 7.07. The van der Waals surface area contributed by atoms with Gasteiger partial charge in [-0.25, -0.2) is 14.6 Å². The average Bonchev–Trinajstić information content (AvgIpc) is 3.57. The van der Waals surface area contributed by atoms with Crippen molar-refractivity contribution in [3.05, 3.63) is 96.5 Å². The van der Waals surface area contributed by atoms with Gasteiger partial charge in [0.05, 0.1) is 18.9 Å². The molecule has 10 nitrogen and oxygen atoms in total. The largest absolute Gasteiger partial charge is 0.496 e. The van der Waals surface area contributed by atoms with Crippen molar-refractivity contribution in [2.75, 3.05) is 37.4 Å². The number of carbonyl (C=O) groups excluding carboxylic acids is 2. The van der Waals surface area contributed by atoms with Crippen molar-refractivity contribution in [3.63, 3.8) is 0 Å². The van der Waals surface area contributed by atoms with Crippen LogP contribution in [0.4, 0.5) is 21.0 Å². The van der Waals surface area contributed by atoms with Crippen molar-refractivity contribution >= 4 is 23.5 Å². The molecular weight excluding hydrogens is 570 g/mol. The highest BCUT2D eigenvalue weighted by atomic mass is 16.6. The quantitative estimate of drug-likeness (QED) is 0.126. The SMILES string of the molecule is CCCN(CCC(OC(=O)NCc1cccc(NC(=O)Nc2ccc(-c3cnco3)c(OC)c2)c1)c1ccccc1)CC(C)C. The van der Waals surface area contributed by atoms with E-state index in [2.05, 4.69) is 46.6 Å². The molecule has 0 saturated heterocycles. The summed E-state index contributed by atoms with van der Waals surface area (Å²) < 4.78 is 16.7. The van der Waals surface area contributed by atoms with Crippen LogP contribution in [0, 0.1) is 5.92 Å². The molecule has 45 heavy (non-hydrogen) atoms. The summed E-state index contributed by atoms with van der Waals surface area (Å²) in [5, 5.41) is 8.51. The molecule has 1 aromatic heterocycles. The van der Waals surface area contributed by atoms with Gasteiger partial charge in [0, 0.05) is 43.5 Å². The number of nitrogens with one attached hydrogen (secondary N) is 3. The Morgan fingerprint density at radius 2 is 1.73 bits per heavy atom. The summed E-state index contributed by atoms with van der Waals surface area (Å²) in [7, 11) is 1.55. The van der Waals surface area contributed by atoms with E-state index in [1.54, 1.807) is 43.6 Å². The lowest BCUT2D eigenvalue weighted by Crippen LogP contribution is -2.32. The number of anilines is 2. The molecule has 1 unspecified atom stereocenters. The van der Waals surface area contributed by atoms with E-state index in [1.807, 2.05) is 42.5 Å². The van der Waals surface area contributed by atoms with Crippen LogP contribution >= 0.6 is 0 Å². The van der Waals surface area contributed by atoms with Gasteiger partial charge in [-0.1, -0.05) is 63.2 Å². The molecule has 0 fully saturated rings. The Bertz CT molecular complexity index is 1490. The van der Waals surface area contributed by atoms with Gasteiger partial charge in [-0.05, 0) is 54.3 Å². The number of benzene rings is 3. The summed E-state index contributed by atoms with van der Waals surface area (Å²) in [4.78, 5) is 32.0. The third kappa shape index (κ3) is 10.4. The predicted octanol–water partition coefficient (Wildman–Crippen LogP) is 7.72. The minimum Gasteiger partial charge on any atom is -0.496 e. The highest BCUT2D eigenvalue weighted by Gasteiger charge is 2.19. The van der Waals surface area contributed by atoms with E-state index in [9.17, 15) is 9.59 Å². The lowest BCUT2D eigenvalue weighted by Gasteiger charge is -2.26. The molecule has 238 valence electrons. The monoisotopic (exact) mass is 613 g/mol. The topological polar surface area (TPSA) is 118 Å². The van der Waals surface area contributed by atoms with Crippen LogP contribution < -0.4 is 20.7 Å². The Hall–Kier alpha value is -4.83. The molecule has 3 amide bonds. The number of hydrogen-bond donors (Lipinski definition) is 3. The summed E-state index contributed by atoms with van der Waals surface area (Å²) in [6, 6.07) is 21.9. The molecule has 1 heterocycles. The zero-order chi connectivity index (χ0) is 32.0. The Balaban J connectivity index is 1.31. The van der Waals surface area contributed by atoms with Crippen molar-refractivity contribution in [1.82, 2.24) is 15.2 Å². The second-order valence-corrected chi connectivity index (χ2v) is 11.2. The Kier molecular flexibility index (Phi) is 12.4. The van der Waals surface area contributed by atoms with Gasteiger partial charge in [-0.3, -0.25) is 0 Å². The fraction of sp³-hybridized carbons (Fsp3) is 0.343. The molecule has 0 bridgehead atoms. The number of nitrogens with zero attached hydrogens (tertiary/aromatic N) is 2. The van der Waals surface area contributed by atoms with E-state index in [0.717, 1.165) is 42.7 Å². The molecule has 1 atom stereocenters. The number of aromatic nitrogens is 1. The van der Waals surface area contributed by atoms with Gasteiger partial charge in [-0.15, -0.1) is 0 Å². The van der Waals surface area contributed by atoms with E-state index in [4.69, 9.17) is 13.9 Å². The summed E-state index contributed by atoms with van der Waals surface area (Å²) in [6.07, 6.45) is 3.86. The van der Waals surface area contributed by atoms with Gasteiger partial charge < -0.3 is 34.7 Å². The smallest absolute Gasteiger partial charge is 0.408 e. The van der Waals surface area contributed by atoms with E-state index in [1.165, 1.54) is 6.39 Å². The molecule has 0 aliphatic carbocycles. The number of rotatable bonds is 15. The number of hydrogen-bond acceptors (Lipinski definition) is 7. The van der Waals surface area contributed by atoms with Gasteiger partial charge in [-0.2, -0.15) is 0 Å². The summed E-state index contributed by atoms with van der Waals surface area (Å²) in [5.74, 6) is 1.66. The van der Waals surface area contributed by atoms with Gasteiger partial charge in [0.2, 0.25) is 0 Å². The minimum absolute atomic E-state index is 0.243. The average molecular weight is 614 g/mol. The number of oxazole rings is 1. The van der Waals surface area contributed by atoms with E-state index >= 15 is 0 Å². The zero-order valence-electron chi connectivity index (χ0n) is 26.4. The first-order chi connectivity index (χ1) is 21.8. The Labute approximate surface area is 265 Å². The van der Waals surface area contributed by atoms with E-state index in [-0.39, 0.29) is 12.6 Å². The van der Waals surface area contributed by atoms with Gasteiger partial charge >= 0.3 is 12.1 Å². The molecule has 0 aliphatic heterocycles. The normalized spacial score (nSPS) is 11.7. The molecule has 0 spiro atoms. The lowest BCUT2D eigenvalue weighted by molar-refractivity contribution is 0.0822. The number of alkyl carbamates (subject to hydrolysis) is 1. The van der Waals surface area contributed by atoms with Crippen LogP contribution in [0.5, 0.6) is 5.75 Å². The van der Waals surface area contributed by atoms with Crippen LogP contribution in [-0.2, 0) is 11.3 Å². The van der Waals surface area contributed by atoms with Crippen molar-refractivity contribution in [2.24, 2.45) is 5.92 Å². The second-order valence-electron chi connectivity index (χ2n) is 11.2. The number of amides is 3. The van der Waals surface area contributed by atoms with Gasteiger partial charge in [0.25, 0.3) is 0 Å². The van der Waals surface area contributed by atoms with E-state index in [0.29, 0.717) is 35.2 Å². The van der Waals surface area contributed by atoms with Crippen LogP contribution in [0.25, 0.3) is 11.3 Å². The number of ether oxygens (including phenoxy) is 2. The highest BCUT2D eigenvalue weighted by molar-refractivity contribution is 6.00. The van der Waals surface area contributed by atoms with Crippen molar-refractivity contribution in [1.29, 1.82) is 0 Å². The van der Waals surface area contributed by atoms with Gasteiger partial charge in [0.1, 0.15) is 11.9 Å². The van der Waals surface area contributed by atoms with Crippen LogP contribution in [0.2, 0.25) is 0 Å². The third-order valence-electron chi connectivity index (χ3n) is 7.07. The van der Waals surface area contributed by atoms with Gasteiger partial charge in [0.15, 0.2) is 12.2 Å². The first-order valence-corrected chi connectivity index (χ1v) is 15.3.